The van der Waals surface area contributed by atoms with Crippen molar-refractivity contribution >= 4 is 23.2 Å². The molecule has 0 bridgehead atoms. The van der Waals surface area contributed by atoms with Gasteiger partial charge in [-0.2, -0.15) is 0 Å². The normalized spacial score (nSPS) is 11.7. The highest BCUT2D eigenvalue weighted by Crippen LogP contribution is 2.24. The standard InChI is InChI=1S/C19H15FN2O3S/c20-14-8-6-13(7-9-14)18-21-15(11-26-18)10-16(23)22-17(19(24)25)12-4-2-1-3-5-12/h1-9,11,17H,10H2,(H,22,23)(H,24,25)/t17-/m1/s1. The van der Waals surface area contributed by atoms with Gasteiger partial charge in [-0.15, -0.1) is 11.3 Å². The number of nitrogens with one attached hydrogen (secondary N) is 1. The van der Waals surface area contributed by atoms with E-state index in [9.17, 15) is 19.1 Å². The molecule has 3 aromatic rings. The Kier molecular flexibility index (Phi) is 5.38. The minimum absolute atomic E-state index is 0.0334. The molecule has 7 heteroatoms. The van der Waals surface area contributed by atoms with E-state index in [1.165, 1.54) is 23.5 Å². The molecule has 0 saturated heterocycles. The second-order valence-corrected chi connectivity index (χ2v) is 6.44. The van der Waals surface area contributed by atoms with E-state index in [1.54, 1.807) is 47.8 Å². The minimum Gasteiger partial charge on any atom is -0.479 e. The van der Waals surface area contributed by atoms with Crippen molar-refractivity contribution < 1.29 is 19.1 Å². The molecule has 0 fully saturated rings. The van der Waals surface area contributed by atoms with E-state index in [-0.39, 0.29) is 12.2 Å². The number of amides is 1. The van der Waals surface area contributed by atoms with Gasteiger partial charge in [0.25, 0.3) is 0 Å². The third-order valence-electron chi connectivity index (χ3n) is 3.67. The van der Waals surface area contributed by atoms with Gasteiger partial charge in [0.15, 0.2) is 6.04 Å². The number of carboxylic acids is 1. The molecule has 1 amide bonds. The summed E-state index contributed by atoms with van der Waals surface area (Å²) in [6, 6.07) is 13.3. The second kappa shape index (κ2) is 7.88. The number of carbonyl (C=O) groups excluding carboxylic acids is 1. The first-order valence-electron chi connectivity index (χ1n) is 7.80. The molecule has 5 nitrogen and oxygen atoms in total. The molecule has 3 rings (SSSR count). The molecule has 26 heavy (non-hydrogen) atoms. The molecule has 1 heterocycles. The molecule has 0 unspecified atom stereocenters. The van der Waals surface area contributed by atoms with Crippen LogP contribution in [0.15, 0.2) is 60.0 Å². The number of aromatic nitrogens is 1. The number of nitrogens with zero attached hydrogens (tertiary/aromatic N) is 1. The number of hydrogen-bond acceptors (Lipinski definition) is 4. The maximum atomic E-state index is 13.0. The van der Waals surface area contributed by atoms with Gasteiger partial charge in [0.2, 0.25) is 5.91 Å². The van der Waals surface area contributed by atoms with Crippen LogP contribution in [0.4, 0.5) is 4.39 Å². The predicted molar refractivity (Wildman–Crippen MR) is 96.2 cm³/mol. The molecule has 0 aliphatic carbocycles. The fraction of sp³-hybridized carbons (Fsp3) is 0.105. The Morgan fingerprint density at radius 3 is 2.46 bits per heavy atom. The van der Waals surface area contributed by atoms with Crippen molar-refractivity contribution in [3.05, 3.63) is 77.1 Å². The molecule has 2 aromatic carbocycles. The number of thiazole rings is 1. The first kappa shape index (κ1) is 17.8. The summed E-state index contributed by atoms with van der Waals surface area (Å²) in [6.45, 7) is 0. The van der Waals surface area contributed by atoms with Crippen molar-refractivity contribution in [2.24, 2.45) is 0 Å². The Bertz CT molecular complexity index is 910. The van der Waals surface area contributed by atoms with Gasteiger partial charge < -0.3 is 10.4 Å². The van der Waals surface area contributed by atoms with Gasteiger partial charge in [0.05, 0.1) is 12.1 Å². The highest BCUT2D eigenvalue weighted by Gasteiger charge is 2.22. The highest BCUT2D eigenvalue weighted by atomic mass is 32.1. The van der Waals surface area contributed by atoms with E-state index in [2.05, 4.69) is 10.3 Å². The maximum Gasteiger partial charge on any atom is 0.330 e. The molecule has 0 aliphatic rings. The molecule has 2 N–H and O–H groups in total. The molecular formula is C19H15FN2O3S. The lowest BCUT2D eigenvalue weighted by Gasteiger charge is -2.14. The van der Waals surface area contributed by atoms with Crippen LogP contribution in [0.2, 0.25) is 0 Å². The molecule has 0 spiro atoms. The van der Waals surface area contributed by atoms with Crippen LogP contribution in [-0.4, -0.2) is 22.0 Å². The molecule has 0 saturated carbocycles. The van der Waals surface area contributed by atoms with Crippen LogP contribution in [0.25, 0.3) is 10.6 Å². The Balaban J connectivity index is 1.68. The number of carbonyl (C=O) groups is 2. The molecule has 0 aliphatic heterocycles. The van der Waals surface area contributed by atoms with Crippen molar-refractivity contribution in [2.45, 2.75) is 12.5 Å². The van der Waals surface area contributed by atoms with E-state index < -0.39 is 17.9 Å². The summed E-state index contributed by atoms with van der Waals surface area (Å²) in [5.41, 5.74) is 1.79. The average Bonchev–Trinajstić information content (AvgIpc) is 3.09. The molecule has 1 atom stereocenters. The first-order chi connectivity index (χ1) is 12.5. The summed E-state index contributed by atoms with van der Waals surface area (Å²) in [5, 5.41) is 14.3. The molecular weight excluding hydrogens is 355 g/mol. The number of benzene rings is 2. The predicted octanol–water partition coefficient (Wildman–Crippen LogP) is 3.43. The van der Waals surface area contributed by atoms with Crippen LogP contribution in [0.1, 0.15) is 17.3 Å². The van der Waals surface area contributed by atoms with Crippen LogP contribution in [0.5, 0.6) is 0 Å². The van der Waals surface area contributed by atoms with Gasteiger partial charge in [0.1, 0.15) is 10.8 Å². The number of carboxylic acid groups (broad SMARTS) is 1. The monoisotopic (exact) mass is 370 g/mol. The number of rotatable bonds is 6. The Morgan fingerprint density at radius 2 is 1.81 bits per heavy atom. The first-order valence-corrected chi connectivity index (χ1v) is 8.68. The van der Waals surface area contributed by atoms with Gasteiger partial charge in [-0.25, -0.2) is 14.2 Å². The summed E-state index contributed by atoms with van der Waals surface area (Å²) >= 11 is 1.34. The fourth-order valence-electron chi connectivity index (χ4n) is 2.42. The summed E-state index contributed by atoms with van der Waals surface area (Å²) in [6.07, 6.45) is -0.0334. The summed E-state index contributed by atoms with van der Waals surface area (Å²) in [5.74, 6) is -1.89. The zero-order chi connectivity index (χ0) is 18.5. The number of halogens is 1. The largest absolute Gasteiger partial charge is 0.479 e. The number of hydrogen-bond donors (Lipinski definition) is 2. The van der Waals surface area contributed by atoms with Crippen molar-refractivity contribution in [1.82, 2.24) is 10.3 Å². The van der Waals surface area contributed by atoms with E-state index >= 15 is 0 Å². The van der Waals surface area contributed by atoms with Gasteiger partial charge >= 0.3 is 5.97 Å². The van der Waals surface area contributed by atoms with Crippen molar-refractivity contribution in [2.75, 3.05) is 0 Å². The van der Waals surface area contributed by atoms with Gasteiger partial charge in [-0.3, -0.25) is 4.79 Å². The zero-order valence-electron chi connectivity index (χ0n) is 13.6. The second-order valence-electron chi connectivity index (χ2n) is 5.58. The maximum absolute atomic E-state index is 13.0. The van der Waals surface area contributed by atoms with E-state index in [1.807, 2.05) is 0 Å². The quantitative estimate of drug-likeness (QED) is 0.697. The van der Waals surface area contributed by atoms with Crippen LogP contribution >= 0.6 is 11.3 Å². The summed E-state index contributed by atoms with van der Waals surface area (Å²) < 4.78 is 13.0. The molecule has 1 aromatic heterocycles. The van der Waals surface area contributed by atoms with E-state index in [4.69, 9.17) is 0 Å². The molecule has 132 valence electrons. The average molecular weight is 370 g/mol. The van der Waals surface area contributed by atoms with Crippen LogP contribution in [0, 0.1) is 5.82 Å². The van der Waals surface area contributed by atoms with Gasteiger partial charge in [-0.1, -0.05) is 30.3 Å². The third-order valence-corrected chi connectivity index (χ3v) is 4.61. The Hall–Kier alpha value is -3.06. The fourth-order valence-corrected chi connectivity index (χ4v) is 3.25. The number of aliphatic carboxylic acids is 1. The lowest BCUT2D eigenvalue weighted by atomic mass is 10.1. The topological polar surface area (TPSA) is 79.3 Å². The van der Waals surface area contributed by atoms with E-state index in [0.717, 1.165) is 5.56 Å². The van der Waals surface area contributed by atoms with Crippen LogP contribution in [0.3, 0.4) is 0 Å². The van der Waals surface area contributed by atoms with Crippen molar-refractivity contribution in [1.29, 1.82) is 0 Å². The van der Waals surface area contributed by atoms with Gasteiger partial charge in [0, 0.05) is 10.9 Å². The minimum atomic E-state index is -1.13. The smallest absolute Gasteiger partial charge is 0.330 e. The SMILES string of the molecule is O=C(Cc1csc(-c2ccc(F)cc2)n1)N[C@@H](C(=O)O)c1ccccc1. The van der Waals surface area contributed by atoms with Crippen LogP contribution in [-0.2, 0) is 16.0 Å². The summed E-state index contributed by atoms with van der Waals surface area (Å²) in [4.78, 5) is 28.0. The van der Waals surface area contributed by atoms with Crippen LogP contribution < -0.4 is 5.32 Å². The van der Waals surface area contributed by atoms with E-state index in [0.29, 0.717) is 16.3 Å². The Morgan fingerprint density at radius 1 is 1.12 bits per heavy atom. The lowest BCUT2D eigenvalue weighted by molar-refractivity contribution is -0.142. The summed E-state index contributed by atoms with van der Waals surface area (Å²) in [7, 11) is 0. The van der Waals surface area contributed by atoms with Crippen molar-refractivity contribution in [3.63, 3.8) is 0 Å². The highest BCUT2D eigenvalue weighted by molar-refractivity contribution is 7.13. The Labute approximate surface area is 153 Å². The lowest BCUT2D eigenvalue weighted by Crippen LogP contribution is -2.34. The molecule has 0 radical (unpaired) electrons. The van der Waals surface area contributed by atoms with Gasteiger partial charge in [-0.05, 0) is 29.8 Å². The third kappa shape index (κ3) is 4.31. The van der Waals surface area contributed by atoms with Crippen molar-refractivity contribution in [3.8, 4) is 10.6 Å². The zero-order valence-corrected chi connectivity index (χ0v) is 14.4.